The second-order valence-electron chi connectivity index (χ2n) is 5.48. The molecule has 3 unspecified atom stereocenters. The van der Waals surface area contributed by atoms with Gasteiger partial charge in [-0.15, -0.1) is 0 Å². The molecule has 0 radical (unpaired) electrons. The third-order valence-electron chi connectivity index (χ3n) is 4.15. The fraction of sp³-hybridized carbons (Fsp3) is 0.467. The molecule has 21 heavy (non-hydrogen) atoms. The van der Waals surface area contributed by atoms with Crippen LogP contribution in [-0.2, 0) is 16.0 Å². The zero-order valence-electron chi connectivity index (χ0n) is 11.8. The molecule has 1 aromatic carbocycles. The maximum Gasteiger partial charge on any atom is 0.324 e. The second-order valence-corrected chi connectivity index (χ2v) is 5.48. The number of carboxylic acid groups (broad SMARTS) is 2. The molecule has 6 heteroatoms. The molecule has 3 atom stereocenters. The van der Waals surface area contributed by atoms with E-state index in [0.29, 0.717) is 12.8 Å². The molecule has 0 spiro atoms. The average Bonchev–Trinajstić information content (AvgIpc) is 3.26. The summed E-state index contributed by atoms with van der Waals surface area (Å²) >= 11 is 0. The molecule has 0 aliphatic heterocycles. The van der Waals surface area contributed by atoms with E-state index in [9.17, 15) is 14.7 Å². The first-order valence-electron chi connectivity index (χ1n) is 6.76. The van der Waals surface area contributed by atoms with Crippen LogP contribution in [0.25, 0.3) is 0 Å². The summed E-state index contributed by atoms with van der Waals surface area (Å²) in [5.41, 5.74) is 5.45. The van der Waals surface area contributed by atoms with Gasteiger partial charge in [0.25, 0.3) is 0 Å². The van der Waals surface area contributed by atoms with Crippen LogP contribution in [0.3, 0.4) is 0 Å². The van der Waals surface area contributed by atoms with Crippen LogP contribution in [0.2, 0.25) is 0 Å². The lowest BCUT2D eigenvalue weighted by Crippen LogP contribution is -2.51. The Kier molecular flexibility index (Phi) is 4.18. The Balaban J connectivity index is 2.03. The molecule has 0 heterocycles. The van der Waals surface area contributed by atoms with Gasteiger partial charge in [-0.1, -0.05) is 12.1 Å². The van der Waals surface area contributed by atoms with Crippen molar-refractivity contribution < 1.29 is 24.5 Å². The van der Waals surface area contributed by atoms with Crippen molar-refractivity contribution in [2.75, 3.05) is 7.11 Å². The molecule has 0 amide bonds. The van der Waals surface area contributed by atoms with Crippen LogP contribution in [0.5, 0.6) is 5.75 Å². The van der Waals surface area contributed by atoms with E-state index < -0.39 is 29.3 Å². The van der Waals surface area contributed by atoms with Crippen LogP contribution in [0.4, 0.5) is 0 Å². The molecule has 1 fully saturated rings. The Bertz CT molecular complexity index is 541. The minimum absolute atomic E-state index is 0.211. The summed E-state index contributed by atoms with van der Waals surface area (Å²) in [6.45, 7) is 0. The predicted molar refractivity (Wildman–Crippen MR) is 75.1 cm³/mol. The highest BCUT2D eigenvalue weighted by Gasteiger charge is 2.57. The maximum atomic E-state index is 11.5. The lowest BCUT2D eigenvalue weighted by molar-refractivity contribution is -0.145. The van der Waals surface area contributed by atoms with Gasteiger partial charge in [-0.3, -0.25) is 9.59 Å². The number of nitrogens with two attached hydrogens (primary N) is 1. The second kappa shape index (κ2) is 5.73. The summed E-state index contributed by atoms with van der Waals surface area (Å²) in [6.07, 6.45) is 1.03. The quantitative estimate of drug-likeness (QED) is 0.695. The lowest BCUT2D eigenvalue weighted by atomic mass is 9.86. The number of carboxylic acids is 2. The number of hydrogen-bond donors (Lipinski definition) is 3. The fourth-order valence-electron chi connectivity index (χ4n) is 2.63. The molecule has 6 nitrogen and oxygen atoms in total. The van der Waals surface area contributed by atoms with E-state index in [1.54, 1.807) is 19.2 Å². The molecule has 2 rings (SSSR count). The summed E-state index contributed by atoms with van der Waals surface area (Å²) < 4.78 is 5.06. The first kappa shape index (κ1) is 15.3. The molecule has 1 saturated carbocycles. The number of hydrogen-bond acceptors (Lipinski definition) is 4. The molecular weight excluding hydrogens is 274 g/mol. The first-order chi connectivity index (χ1) is 9.88. The molecule has 0 aromatic heterocycles. The number of carbonyl (C=O) groups is 2. The van der Waals surface area contributed by atoms with Crippen molar-refractivity contribution in [3.05, 3.63) is 29.8 Å². The summed E-state index contributed by atoms with van der Waals surface area (Å²) in [5.74, 6) is -2.51. The Morgan fingerprint density at radius 3 is 2.38 bits per heavy atom. The highest BCUT2D eigenvalue weighted by molar-refractivity contribution is 5.83. The van der Waals surface area contributed by atoms with Crippen LogP contribution in [0.15, 0.2) is 24.3 Å². The van der Waals surface area contributed by atoms with Gasteiger partial charge in [-0.25, -0.2) is 0 Å². The van der Waals surface area contributed by atoms with Gasteiger partial charge in [-0.2, -0.15) is 0 Å². The Morgan fingerprint density at radius 2 is 1.95 bits per heavy atom. The van der Waals surface area contributed by atoms with E-state index in [2.05, 4.69) is 0 Å². The van der Waals surface area contributed by atoms with Crippen molar-refractivity contribution in [3.8, 4) is 5.75 Å². The molecule has 114 valence electrons. The third-order valence-corrected chi connectivity index (χ3v) is 4.15. The van der Waals surface area contributed by atoms with Crippen molar-refractivity contribution in [2.24, 2.45) is 17.6 Å². The first-order valence-corrected chi connectivity index (χ1v) is 6.76. The fourth-order valence-corrected chi connectivity index (χ4v) is 2.63. The number of aliphatic carboxylic acids is 2. The summed E-state index contributed by atoms with van der Waals surface area (Å²) in [4.78, 5) is 22.4. The van der Waals surface area contributed by atoms with Crippen LogP contribution in [-0.4, -0.2) is 34.8 Å². The highest BCUT2D eigenvalue weighted by Crippen LogP contribution is 2.47. The molecule has 1 aliphatic carbocycles. The number of aryl methyl sites for hydroxylation is 1. The Hall–Kier alpha value is -2.08. The van der Waals surface area contributed by atoms with Crippen molar-refractivity contribution >= 4 is 11.9 Å². The number of methoxy groups -OCH3 is 1. The lowest BCUT2D eigenvalue weighted by Gasteiger charge is -2.25. The highest BCUT2D eigenvalue weighted by atomic mass is 16.5. The minimum Gasteiger partial charge on any atom is -0.497 e. The van der Waals surface area contributed by atoms with Gasteiger partial charge < -0.3 is 20.7 Å². The number of benzene rings is 1. The molecule has 0 saturated heterocycles. The van der Waals surface area contributed by atoms with E-state index in [-0.39, 0.29) is 6.42 Å². The van der Waals surface area contributed by atoms with Crippen LogP contribution < -0.4 is 10.5 Å². The van der Waals surface area contributed by atoms with Crippen LogP contribution in [0.1, 0.15) is 18.4 Å². The molecule has 1 aromatic rings. The van der Waals surface area contributed by atoms with E-state index in [0.717, 1.165) is 11.3 Å². The Morgan fingerprint density at radius 1 is 1.33 bits per heavy atom. The standard InChI is InChI=1S/C15H19NO5/c1-21-10-4-2-9(3-5-10)6-7-15(16,14(19)20)12-8-11(12)13(17)18/h2-5,11-12H,6-8,16H2,1H3,(H,17,18)(H,19,20). The summed E-state index contributed by atoms with van der Waals surface area (Å²) in [6, 6.07) is 7.29. The van der Waals surface area contributed by atoms with Crippen LogP contribution >= 0.6 is 0 Å². The molecule has 4 N–H and O–H groups in total. The van der Waals surface area contributed by atoms with E-state index in [4.69, 9.17) is 15.6 Å². The summed E-state index contributed by atoms with van der Waals surface area (Å²) in [5, 5.41) is 18.3. The van der Waals surface area contributed by atoms with E-state index in [1.165, 1.54) is 0 Å². The van der Waals surface area contributed by atoms with Crippen molar-refractivity contribution in [1.82, 2.24) is 0 Å². The molecule has 1 aliphatic rings. The number of ether oxygens (including phenoxy) is 1. The van der Waals surface area contributed by atoms with Gasteiger partial charge in [0.15, 0.2) is 0 Å². The number of rotatable bonds is 7. The van der Waals surface area contributed by atoms with Gasteiger partial charge in [0.05, 0.1) is 13.0 Å². The monoisotopic (exact) mass is 293 g/mol. The van der Waals surface area contributed by atoms with Gasteiger partial charge in [-0.05, 0) is 37.0 Å². The van der Waals surface area contributed by atoms with E-state index in [1.807, 2.05) is 12.1 Å². The molecule has 0 bridgehead atoms. The van der Waals surface area contributed by atoms with Crippen molar-refractivity contribution in [3.63, 3.8) is 0 Å². The van der Waals surface area contributed by atoms with Gasteiger partial charge in [0, 0.05) is 5.92 Å². The van der Waals surface area contributed by atoms with Crippen molar-refractivity contribution in [1.29, 1.82) is 0 Å². The zero-order valence-corrected chi connectivity index (χ0v) is 11.8. The minimum atomic E-state index is -1.48. The topological polar surface area (TPSA) is 110 Å². The zero-order chi connectivity index (χ0) is 15.6. The average molecular weight is 293 g/mol. The smallest absolute Gasteiger partial charge is 0.324 e. The normalized spacial score (nSPS) is 23.1. The summed E-state index contributed by atoms with van der Waals surface area (Å²) in [7, 11) is 1.57. The van der Waals surface area contributed by atoms with Gasteiger partial charge >= 0.3 is 11.9 Å². The largest absolute Gasteiger partial charge is 0.497 e. The van der Waals surface area contributed by atoms with Gasteiger partial charge in [0.2, 0.25) is 0 Å². The Labute approximate surface area is 122 Å². The molecular formula is C15H19NO5. The van der Waals surface area contributed by atoms with E-state index >= 15 is 0 Å². The third kappa shape index (κ3) is 3.16. The maximum absolute atomic E-state index is 11.5. The predicted octanol–water partition coefficient (Wildman–Crippen LogP) is 1.13. The van der Waals surface area contributed by atoms with Crippen molar-refractivity contribution in [2.45, 2.75) is 24.8 Å². The van der Waals surface area contributed by atoms with Crippen LogP contribution in [0, 0.1) is 11.8 Å². The van der Waals surface area contributed by atoms with Gasteiger partial charge in [0.1, 0.15) is 11.3 Å². The SMILES string of the molecule is COc1ccc(CCC(N)(C(=O)O)C2CC2C(=O)O)cc1.